The van der Waals surface area contributed by atoms with E-state index < -0.39 is 0 Å². The fourth-order valence-corrected chi connectivity index (χ4v) is 4.89. The molecule has 1 saturated carbocycles. The molecule has 0 aromatic heterocycles. The number of likely N-dealkylation sites (tertiary alicyclic amines) is 1. The Bertz CT molecular complexity index is 433. The molecule has 24 heavy (non-hydrogen) atoms. The first kappa shape index (κ1) is 19.8. The molecule has 1 aromatic rings. The average molecular weight is 350 g/mol. The van der Waals surface area contributed by atoms with Crippen LogP contribution >= 0.6 is 12.4 Å². The second-order valence-corrected chi connectivity index (χ2v) is 8.09. The Balaban J connectivity index is 0.00000208. The van der Waals surface area contributed by atoms with E-state index in [9.17, 15) is 0 Å². The van der Waals surface area contributed by atoms with Crippen molar-refractivity contribution in [3.05, 3.63) is 35.9 Å². The molecule has 0 amide bonds. The summed E-state index contributed by atoms with van der Waals surface area (Å²) in [6.07, 6.45) is 14.5. The van der Waals surface area contributed by atoms with Gasteiger partial charge in [0.1, 0.15) is 0 Å². The molecular formula is C22H36ClN. The van der Waals surface area contributed by atoms with Crippen LogP contribution < -0.4 is 0 Å². The lowest BCUT2D eigenvalue weighted by molar-refractivity contribution is 0.205. The lowest BCUT2D eigenvalue weighted by Gasteiger charge is -2.32. The smallest absolute Gasteiger partial charge is 0.00191 e. The highest BCUT2D eigenvalue weighted by Crippen LogP contribution is 2.39. The molecule has 1 aromatic carbocycles. The topological polar surface area (TPSA) is 3.24 Å². The van der Waals surface area contributed by atoms with Gasteiger partial charge in [-0.1, -0.05) is 62.4 Å². The molecule has 0 bridgehead atoms. The second kappa shape index (κ2) is 10.5. The molecule has 0 radical (unpaired) electrons. The van der Waals surface area contributed by atoms with Crippen LogP contribution in [-0.4, -0.2) is 25.0 Å². The van der Waals surface area contributed by atoms with Crippen LogP contribution in [0.15, 0.2) is 30.3 Å². The Kier molecular flexibility index (Phi) is 8.62. The van der Waals surface area contributed by atoms with Gasteiger partial charge in [0, 0.05) is 0 Å². The van der Waals surface area contributed by atoms with Crippen LogP contribution in [0.3, 0.4) is 0 Å². The molecule has 1 unspecified atom stereocenters. The number of hydrogen-bond acceptors (Lipinski definition) is 1. The Hall–Kier alpha value is -0.530. The van der Waals surface area contributed by atoms with Crippen LogP contribution in [0, 0.1) is 11.8 Å². The molecule has 1 nitrogen and oxygen atoms in total. The summed E-state index contributed by atoms with van der Waals surface area (Å²) in [7, 11) is 2.27. The summed E-state index contributed by atoms with van der Waals surface area (Å²) >= 11 is 0. The highest BCUT2D eigenvalue weighted by atomic mass is 35.5. The largest absolute Gasteiger partial charge is 0.306 e. The second-order valence-electron chi connectivity index (χ2n) is 8.09. The monoisotopic (exact) mass is 349 g/mol. The van der Waals surface area contributed by atoms with E-state index in [2.05, 4.69) is 42.3 Å². The zero-order valence-corrected chi connectivity index (χ0v) is 16.3. The lowest BCUT2D eigenvalue weighted by atomic mass is 9.74. The van der Waals surface area contributed by atoms with E-state index in [1.54, 1.807) is 5.56 Å². The molecule has 0 spiro atoms. The molecule has 136 valence electrons. The molecule has 0 N–H and O–H groups in total. The van der Waals surface area contributed by atoms with Gasteiger partial charge in [0.15, 0.2) is 0 Å². The van der Waals surface area contributed by atoms with Crippen molar-refractivity contribution >= 4 is 12.4 Å². The van der Waals surface area contributed by atoms with Crippen molar-refractivity contribution in [3.63, 3.8) is 0 Å². The molecule has 3 rings (SSSR count). The fraction of sp³-hybridized carbons (Fsp3) is 0.727. The highest BCUT2D eigenvalue weighted by molar-refractivity contribution is 5.85. The maximum atomic E-state index is 2.49. The predicted octanol–water partition coefficient (Wildman–Crippen LogP) is 6.28. The molecule has 1 aliphatic heterocycles. The standard InChI is InChI=1S/C22H35N.ClH/c1-23-17-15-19(16-18-23)9-8-14-22(20-10-4-2-5-11-20)21-12-6-3-7-13-21;/h2,4-5,10-11,19,21-22H,3,6-9,12-18H2,1H3;1H. The van der Waals surface area contributed by atoms with Crippen LogP contribution in [-0.2, 0) is 0 Å². The van der Waals surface area contributed by atoms with Crippen molar-refractivity contribution in [1.29, 1.82) is 0 Å². The number of benzene rings is 1. The minimum atomic E-state index is 0. The maximum absolute atomic E-state index is 2.49. The van der Waals surface area contributed by atoms with E-state index in [-0.39, 0.29) is 12.4 Å². The summed E-state index contributed by atoms with van der Waals surface area (Å²) in [6.45, 7) is 2.63. The quantitative estimate of drug-likeness (QED) is 0.583. The molecule has 1 atom stereocenters. The summed E-state index contributed by atoms with van der Waals surface area (Å²) in [4.78, 5) is 2.49. The number of rotatable bonds is 6. The van der Waals surface area contributed by atoms with E-state index in [1.165, 1.54) is 77.3 Å². The Morgan fingerprint density at radius 2 is 1.62 bits per heavy atom. The van der Waals surface area contributed by atoms with Gasteiger partial charge in [-0.2, -0.15) is 0 Å². The fourth-order valence-electron chi connectivity index (χ4n) is 4.89. The van der Waals surface area contributed by atoms with Crippen molar-refractivity contribution in [2.75, 3.05) is 20.1 Å². The van der Waals surface area contributed by atoms with Crippen molar-refractivity contribution in [2.24, 2.45) is 11.8 Å². The third-order valence-corrected chi connectivity index (χ3v) is 6.41. The highest BCUT2D eigenvalue weighted by Gasteiger charge is 2.25. The van der Waals surface area contributed by atoms with Crippen molar-refractivity contribution in [2.45, 2.75) is 70.1 Å². The van der Waals surface area contributed by atoms with Crippen molar-refractivity contribution in [3.8, 4) is 0 Å². The minimum Gasteiger partial charge on any atom is -0.306 e. The SMILES string of the molecule is CN1CCC(CCCC(c2ccccc2)C2CCCCC2)CC1.Cl. The van der Waals surface area contributed by atoms with Crippen LogP contribution in [0.2, 0.25) is 0 Å². The van der Waals surface area contributed by atoms with Gasteiger partial charge in [0.2, 0.25) is 0 Å². The van der Waals surface area contributed by atoms with Crippen LogP contribution in [0.5, 0.6) is 0 Å². The van der Waals surface area contributed by atoms with Crippen LogP contribution in [0.1, 0.15) is 75.7 Å². The van der Waals surface area contributed by atoms with Crippen LogP contribution in [0.4, 0.5) is 0 Å². The minimum absolute atomic E-state index is 0. The van der Waals surface area contributed by atoms with Gasteiger partial charge >= 0.3 is 0 Å². The van der Waals surface area contributed by atoms with Gasteiger partial charge in [-0.05, 0) is 75.6 Å². The zero-order chi connectivity index (χ0) is 15.9. The number of hydrogen-bond donors (Lipinski definition) is 0. The van der Waals surface area contributed by atoms with Gasteiger partial charge in [-0.25, -0.2) is 0 Å². The maximum Gasteiger partial charge on any atom is -0.00191 e. The molecule has 1 aliphatic carbocycles. The van der Waals surface area contributed by atoms with Gasteiger partial charge in [-0.3, -0.25) is 0 Å². The molecule has 1 heterocycles. The molecule has 2 fully saturated rings. The number of piperidine rings is 1. The molecule has 1 saturated heterocycles. The number of nitrogens with zero attached hydrogens (tertiary/aromatic N) is 1. The number of halogens is 1. The summed E-state index contributed by atoms with van der Waals surface area (Å²) in [5, 5.41) is 0. The summed E-state index contributed by atoms with van der Waals surface area (Å²) < 4.78 is 0. The summed E-state index contributed by atoms with van der Waals surface area (Å²) in [5.41, 5.74) is 1.61. The first-order valence-electron chi connectivity index (χ1n) is 10.1. The first-order chi connectivity index (χ1) is 11.3. The van der Waals surface area contributed by atoms with E-state index in [0.29, 0.717) is 0 Å². The normalized spacial score (nSPS) is 22.0. The van der Waals surface area contributed by atoms with E-state index in [4.69, 9.17) is 0 Å². The van der Waals surface area contributed by atoms with Gasteiger partial charge in [0.05, 0.1) is 0 Å². The lowest BCUT2D eigenvalue weighted by Crippen LogP contribution is -2.30. The molecular weight excluding hydrogens is 314 g/mol. The third-order valence-electron chi connectivity index (χ3n) is 6.41. The van der Waals surface area contributed by atoms with E-state index in [1.807, 2.05) is 0 Å². The van der Waals surface area contributed by atoms with E-state index in [0.717, 1.165) is 17.8 Å². The van der Waals surface area contributed by atoms with Crippen molar-refractivity contribution in [1.82, 2.24) is 4.90 Å². The molecule has 2 heteroatoms. The van der Waals surface area contributed by atoms with Crippen molar-refractivity contribution < 1.29 is 0 Å². The van der Waals surface area contributed by atoms with E-state index >= 15 is 0 Å². The Morgan fingerprint density at radius 1 is 0.958 bits per heavy atom. The summed E-state index contributed by atoms with van der Waals surface area (Å²) in [6, 6.07) is 11.4. The zero-order valence-electron chi connectivity index (χ0n) is 15.5. The molecule has 2 aliphatic rings. The average Bonchev–Trinajstić information content (AvgIpc) is 2.62. The van der Waals surface area contributed by atoms with Gasteiger partial charge < -0.3 is 4.90 Å². The third kappa shape index (κ3) is 5.77. The van der Waals surface area contributed by atoms with Gasteiger partial charge in [0.25, 0.3) is 0 Å². The Morgan fingerprint density at radius 3 is 2.29 bits per heavy atom. The summed E-state index contributed by atoms with van der Waals surface area (Å²) in [5.74, 6) is 2.76. The van der Waals surface area contributed by atoms with Gasteiger partial charge in [-0.15, -0.1) is 12.4 Å². The van der Waals surface area contributed by atoms with Crippen LogP contribution in [0.25, 0.3) is 0 Å². The predicted molar refractivity (Wildman–Crippen MR) is 107 cm³/mol. The first-order valence-corrected chi connectivity index (χ1v) is 10.1. The Labute approximate surface area is 155 Å².